The molecule has 2 aromatic rings. The van der Waals surface area contributed by atoms with Gasteiger partial charge in [0.25, 0.3) is 0 Å². The van der Waals surface area contributed by atoms with Crippen molar-refractivity contribution in [2.45, 2.75) is 13.8 Å². The molecule has 3 rings (SSSR count). The minimum atomic E-state index is -1.14. The summed E-state index contributed by atoms with van der Waals surface area (Å²) in [6.45, 7) is 2.96. The first-order valence-corrected chi connectivity index (χ1v) is 8.81. The van der Waals surface area contributed by atoms with E-state index in [0.717, 1.165) is 4.90 Å². The predicted molar refractivity (Wildman–Crippen MR) is 104 cm³/mol. The summed E-state index contributed by atoms with van der Waals surface area (Å²) in [5.41, 5.74) is -0.500. The number of barbiturate groups is 1. The van der Waals surface area contributed by atoms with E-state index in [2.05, 4.69) is 15.1 Å². The van der Waals surface area contributed by atoms with E-state index < -0.39 is 35.2 Å². The Hall–Kier alpha value is -4.01. The molecule has 9 heteroatoms. The molecule has 1 N–H and O–H groups in total. The fourth-order valence-electron chi connectivity index (χ4n) is 2.27. The number of carbonyl (C=O) groups excluding carboxylic acids is 5. The largest absolute Gasteiger partial charge is 0.386 e. The summed E-state index contributed by atoms with van der Waals surface area (Å²) in [4.78, 5) is 66.1. The van der Waals surface area contributed by atoms with Crippen molar-refractivity contribution >= 4 is 29.8 Å². The molecule has 156 valence electrons. The predicted octanol–water partition coefficient (Wildman–Crippen LogP) is 2.34. The number of amides is 4. The number of hydrogen-bond donors (Lipinski definition) is 1. The lowest BCUT2D eigenvalue weighted by molar-refractivity contribution is -0.187. The lowest BCUT2D eigenvalue weighted by Gasteiger charge is -2.31. The van der Waals surface area contributed by atoms with E-state index in [1.807, 2.05) is 0 Å². The molecule has 1 saturated heterocycles. The average molecular weight is 412 g/mol. The van der Waals surface area contributed by atoms with Gasteiger partial charge in [-0.2, -0.15) is 0 Å². The second kappa shape index (κ2) is 9.46. The molecule has 0 aromatic heterocycles. The highest BCUT2D eigenvalue weighted by Crippen LogP contribution is 2.21. The molecule has 4 amide bonds. The first kappa shape index (κ1) is 22.3. The van der Waals surface area contributed by atoms with E-state index in [-0.39, 0.29) is 0 Å². The van der Waals surface area contributed by atoms with Gasteiger partial charge in [-0.05, 0) is 38.1 Å². The number of urea groups is 1. The number of benzene rings is 2. The molecular formula is C21H20N2O7. The summed E-state index contributed by atoms with van der Waals surface area (Å²) in [6.07, 6.45) is 0. The van der Waals surface area contributed by atoms with E-state index in [9.17, 15) is 24.0 Å². The number of nitrogens with zero attached hydrogens (tertiary/aromatic N) is 1. The second-order valence-corrected chi connectivity index (χ2v) is 6.72. The number of imide groups is 2. The van der Waals surface area contributed by atoms with Gasteiger partial charge in [-0.15, -0.1) is 0 Å². The SMILES string of the molecule is CN1C(=O)NC(=O)C(C)(C)C1=O.O=C(OOC(=O)c1ccccc1)c1ccccc1. The Bertz CT molecular complexity index is 904. The number of carbonyl (C=O) groups is 5. The van der Waals surface area contributed by atoms with Gasteiger partial charge < -0.3 is 0 Å². The van der Waals surface area contributed by atoms with Crippen LogP contribution in [0.2, 0.25) is 0 Å². The molecule has 1 fully saturated rings. The van der Waals surface area contributed by atoms with Gasteiger partial charge in [-0.25, -0.2) is 24.2 Å². The molecule has 30 heavy (non-hydrogen) atoms. The van der Waals surface area contributed by atoms with Gasteiger partial charge in [0.05, 0.1) is 11.1 Å². The highest BCUT2D eigenvalue weighted by atomic mass is 17.2. The van der Waals surface area contributed by atoms with Crippen LogP contribution in [0.25, 0.3) is 0 Å². The van der Waals surface area contributed by atoms with Crippen LogP contribution in [0.15, 0.2) is 60.7 Å². The summed E-state index contributed by atoms with van der Waals surface area (Å²) in [5, 5.41) is 2.08. The Balaban J connectivity index is 0.000000232. The maximum atomic E-state index is 11.5. The molecule has 0 aliphatic carbocycles. The normalized spacial score (nSPS) is 14.8. The average Bonchev–Trinajstić information content (AvgIpc) is 2.76. The smallest absolute Gasteiger partial charge is 0.277 e. The molecule has 0 spiro atoms. The van der Waals surface area contributed by atoms with Crippen LogP contribution in [0, 0.1) is 5.41 Å². The summed E-state index contributed by atoms with van der Waals surface area (Å²) in [6, 6.07) is 15.9. The third kappa shape index (κ3) is 5.28. The first-order valence-electron chi connectivity index (χ1n) is 8.81. The van der Waals surface area contributed by atoms with Crippen LogP contribution in [0.3, 0.4) is 0 Å². The standard InChI is InChI=1S/C14H10O4.C7H10N2O3/c15-13(11-7-3-1-4-8-11)17-18-14(16)12-9-5-2-6-10-12;1-7(2)4(10)8-6(12)9(3)5(7)11/h1-10H;1-3H3,(H,8,10,12). The first-order chi connectivity index (χ1) is 14.1. The van der Waals surface area contributed by atoms with Crippen molar-refractivity contribution in [1.82, 2.24) is 10.2 Å². The third-order valence-corrected chi connectivity index (χ3v) is 4.14. The van der Waals surface area contributed by atoms with E-state index in [4.69, 9.17) is 0 Å². The van der Waals surface area contributed by atoms with Gasteiger partial charge in [0.15, 0.2) is 0 Å². The summed E-state index contributed by atoms with van der Waals surface area (Å²) in [5.74, 6) is -2.44. The summed E-state index contributed by atoms with van der Waals surface area (Å²) in [7, 11) is 1.34. The van der Waals surface area contributed by atoms with Crippen molar-refractivity contribution in [2.75, 3.05) is 7.05 Å². The van der Waals surface area contributed by atoms with Crippen LogP contribution in [0.1, 0.15) is 34.6 Å². The molecule has 0 bridgehead atoms. The molecule has 1 aliphatic rings. The van der Waals surface area contributed by atoms with E-state index in [1.54, 1.807) is 60.7 Å². The molecule has 0 atom stereocenters. The quantitative estimate of drug-likeness (QED) is 0.457. The van der Waals surface area contributed by atoms with Crippen LogP contribution < -0.4 is 5.32 Å². The van der Waals surface area contributed by atoms with E-state index in [1.165, 1.54) is 20.9 Å². The second-order valence-electron chi connectivity index (χ2n) is 6.72. The molecule has 0 saturated carbocycles. The van der Waals surface area contributed by atoms with Crippen LogP contribution in [-0.4, -0.2) is 41.7 Å². The Morgan fingerprint density at radius 2 is 1.20 bits per heavy atom. The lowest BCUT2D eigenvalue weighted by Crippen LogP contribution is -2.60. The van der Waals surface area contributed by atoms with Gasteiger partial charge in [0.1, 0.15) is 5.41 Å². The Morgan fingerprint density at radius 3 is 1.60 bits per heavy atom. The van der Waals surface area contributed by atoms with Crippen molar-refractivity contribution in [3.8, 4) is 0 Å². The monoisotopic (exact) mass is 412 g/mol. The third-order valence-electron chi connectivity index (χ3n) is 4.14. The summed E-state index contributed by atoms with van der Waals surface area (Å²) < 4.78 is 0. The summed E-state index contributed by atoms with van der Waals surface area (Å²) >= 11 is 0. The van der Waals surface area contributed by atoms with Crippen LogP contribution in [0.4, 0.5) is 4.79 Å². The van der Waals surface area contributed by atoms with Gasteiger partial charge in [-0.1, -0.05) is 36.4 Å². The topological polar surface area (TPSA) is 119 Å². The molecule has 9 nitrogen and oxygen atoms in total. The van der Waals surface area contributed by atoms with E-state index >= 15 is 0 Å². The fraction of sp³-hybridized carbons (Fsp3) is 0.190. The zero-order valence-corrected chi connectivity index (χ0v) is 16.6. The van der Waals surface area contributed by atoms with Crippen LogP contribution in [-0.2, 0) is 19.4 Å². The minimum absolute atomic E-state index is 0.318. The Labute approximate surface area is 172 Å². The van der Waals surface area contributed by atoms with Gasteiger partial charge >= 0.3 is 18.0 Å². The minimum Gasteiger partial charge on any atom is -0.277 e. The van der Waals surface area contributed by atoms with Crippen molar-refractivity contribution in [2.24, 2.45) is 5.41 Å². The van der Waals surface area contributed by atoms with Gasteiger partial charge in [0.2, 0.25) is 11.8 Å². The highest BCUT2D eigenvalue weighted by molar-refractivity contribution is 6.18. The van der Waals surface area contributed by atoms with Crippen molar-refractivity contribution in [1.29, 1.82) is 0 Å². The number of rotatable bonds is 2. The zero-order chi connectivity index (χ0) is 22.3. The zero-order valence-electron chi connectivity index (χ0n) is 16.6. The van der Waals surface area contributed by atoms with Crippen LogP contribution >= 0.6 is 0 Å². The number of hydrogen-bond acceptors (Lipinski definition) is 7. The maximum absolute atomic E-state index is 11.5. The molecule has 2 aromatic carbocycles. The molecular weight excluding hydrogens is 392 g/mol. The number of nitrogens with one attached hydrogen (secondary N) is 1. The Morgan fingerprint density at radius 1 is 0.800 bits per heavy atom. The molecule has 1 aliphatic heterocycles. The fourth-order valence-corrected chi connectivity index (χ4v) is 2.27. The van der Waals surface area contributed by atoms with E-state index in [0.29, 0.717) is 11.1 Å². The van der Waals surface area contributed by atoms with Gasteiger partial charge in [-0.3, -0.25) is 19.8 Å². The van der Waals surface area contributed by atoms with Crippen molar-refractivity contribution < 1.29 is 33.7 Å². The highest BCUT2D eigenvalue weighted by Gasteiger charge is 2.45. The molecule has 0 unspecified atom stereocenters. The van der Waals surface area contributed by atoms with Crippen LogP contribution in [0.5, 0.6) is 0 Å². The maximum Gasteiger partial charge on any atom is 0.386 e. The van der Waals surface area contributed by atoms with Gasteiger partial charge in [0, 0.05) is 7.05 Å². The molecule has 1 heterocycles. The lowest BCUT2D eigenvalue weighted by atomic mass is 9.89. The van der Waals surface area contributed by atoms with Crippen molar-refractivity contribution in [3.63, 3.8) is 0 Å². The van der Waals surface area contributed by atoms with Crippen molar-refractivity contribution in [3.05, 3.63) is 71.8 Å². The molecule has 0 radical (unpaired) electrons. The Kier molecular flexibility index (Phi) is 7.03.